The van der Waals surface area contributed by atoms with Crippen LogP contribution < -0.4 is 0 Å². The summed E-state index contributed by atoms with van der Waals surface area (Å²) in [6, 6.07) is 8.35. The van der Waals surface area contributed by atoms with Crippen molar-refractivity contribution in [3.05, 3.63) is 35.9 Å². The molecule has 0 spiro atoms. The molecule has 1 rings (SSSR count). The lowest BCUT2D eigenvalue weighted by atomic mass is 10.1. The van der Waals surface area contributed by atoms with E-state index in [0.29, 0.717) is 12.0 Å². The third-order valence-corrected chi connectivity index (χ3v) is 3.65. The van der Waals surface area contributed by atoms with Crippen molar-refractivity contribution >= 4 is 11.9 Å². The van der Waals surface area contributed by atoms with Crippen LogP contribution in [0.3, 0.4) is 0 Å². The van der Waals surface area contributed by atoms with E-state index in [1.54, 1.807) is 30.3 Å². The van der Waals surface area contributed by atoms with Gasteiger partial charge in [0.1, 0.15) is 6.61 Å². The molecule has 0 saturated carbocycles. The van der Waals surface area contributed by atoms with Gasteiger partial charge in [-0.05, 0) is 25.0 Å². The van der Waals surface area contributed by atoms with Gasteiger partial charge in [-0.25, -0.2) is 19.4 Å². The van der Waals surface area contributed by atoms with Crippen molar-refractivity contribution in [3.63, 3.8) is 0 Å². The first-order chi connectivity index (χ1) is 12.7. The van der Waals surface area contributed by atoms with Gasteiger partial charge in [-0.2, -0.15) is 0 Å². The zero-order valence-electron chi connectivity index (χ0n) is 15.7. The Kier molecular flexibility index (Phi) is 11.6. The smallest absolute Gasteiger partial charge is 0.354 e. The maximum atomic E-state index is 12.2. The normalized spacial score (nSPS) is 11.2. The molecule has 0 heterocycles. The summed E-state index contributed by atoms with van der Waals surface area (Å²) in [4.78, 5) is 33.4. The molecule has 0 amide bonds. The molecule has 1 aromatic rings. The Labute approximate surface area is 155 Å². The summed E-state index contributed by atoms with van der Waals surface area (Å²) in [7, 11) is 0. The van der Waals surface area contributed by atoms with E-state index in [0.717, 1.165) is 38.5 Å². The summed E-state index contributed by atoms with van der Waals surface area (Å²) in [5, 5.41) is 0. The topological polar surface area (TPSA) is 61.8 Å². The minimum Gasteiger partial charge on any atom is -0.354 e. The van der Waals surface area contributed by atoms with Crippen molar-refractivity contribution in [2.75, 3.05) is 6.61 Å². The van der Waals surface area contributed by atoms with Crippen molar-refractivity contribution in [2.24, 2.45) is 0 Å². The van der Waals surface area contributed by atoms with Gasteiger partial charge in [0.2, 0.25) is 0 Å². The first kappa shape index (κ1) is 21.7. The molecule has 142 valence electrons. The Morgan fingerprint density at radius 2 is 1.73 bits per heavy atom. The van der Waals surface area contributed by atoms with Gasteiger partial charge in [0.05, 0.1) is 5.56 Å². The van der Waals surface area contributed by atoms with Crippen molar-refractivity contribution in [2.45, 2.75) is 64.9 Å². The molecule has 26 heavy (non-hydrogen) atoms. The van der Waals surface area contributed by atoms with E-state index in [1.807, 2.05) is 6.92 Å². The third kappa shape index (κ3) is 9.24. The lowest BCUT2D eigenvalue weighted by Crippen LogP contribution is -2.28. The van der Waals surface area contributed by atoms with E-state index in [4.69, 9.17) is 9.62 Å². The van der Waals surface area contributed by atoms with Crippen molar-refractivity contribution in [3.8, 4) is 11.8 Å². The average molecular weight is 360 g/mol. The highest BCUT2D eigenvalue weighted by atomic mass is 17.2. The van der Waals surface area contributed by atoms with Crippen LogP contribution in [0.4, 0.5) is 0 Å². The number of benzene rings is 1. The predicted molar refractivity (Wildman–Crippen MR) is 99.1 cm³/mol. The Morgan fingerprint density at radius 3 is 2.42 bits per heavy atom. The maximum absolute atomic E-state index is 12.2. The largest absolute Gasteiger partial charge is 0.386 e. The van der Waals surface area contributed by atoms with Gasteiger partial charge in [-0.15, -0.1) is 5.92 Å². The van der Waals surface area contributed by atoms with Gasteiger partial charge in [-0.3, -0.25) is 0 Å². The quantitative estimate of drug-likeness (QED) is 0.267. The predicted octanol–water partition coefficient (Wildman–Crippen LogP) is 4.46. The van der Waals surface area contributed by atoms with Crippen LogP contribution in [-0.2, 0) is 19.3 Å². The molecule has 0 N–H and O–H groups in total. The maximum Gasteiger partial charge on any atom is 0.386 e. The molecule has 0 aliphatic rings. The summed E-state index contributed by atoms with van der Waals surface area (Å²) in [5.74, 6) is 4.42. The fraction of sp³-hybridized carbons (Fsp3) is 0.524. The fourth-order valence-corrected chi connectivity index (χ4v) is 2.19. The van der Waals surface area contributed by atoms with Gasteiger partial charge in [0.15, 0.2) is 6.10 Å². The number of rotatable bonds is 10. The van der Waals surface area contributed by atoms with Crippen LogP contribution in [0.2, 0.25) is 0 Å². The molecule has 0 aliphatic carbocycles. The third-order valence-electron chi connectivity index (χ3n) is 3.65. The standard InChI is InChI=1S/C21H28O5/c1-3-5-7-12-16-19(24-17-13-8-6-4-2)21(23)26-25-20(22)18-14-10-9-11-15-18/h9-11,14-15,19H,3-7,12,16-17H2,1-2H3. The number of carbonyl (C=O) groups excluding carboxylic acids is 2. The second kappa shape index (κ2) is 13.9. The van der Waals surface area contributed by atoms with E-state index in [9.17, 15) is 9.59 Å². The fourth-order valence-electron chi connectivity index (χ4n) is 2.19. The molecular weight excluding hydrogens is 332 g/mol. The molecule has 1 unspecified atom stereocenters. The van der Waals surface area contributed by atoms with E-state index >= 15 is 0 Å². The monoisotopic (exact) mass is 360 g/mol. The first-order valence-electron chi connectivity index (χ1n) is 9.24. The molecule has 0 bridgehead atoms. The highest BCUT2D eigenvalue weighted by molar-refractivity contribution is 5.89. The molecule has 5 nitrogen and oxygen atoms in total. The minimum atomic E-state index is -0.786. The second-order valence-corrected chi connectivity index (χ2v) is 5.89. The average Bonchev–Trinajstić information content (AvgIpc) is 2.68. The van der Waals surface area contributed by atoms with Crippen molar-refractivity contribution in [1.82, 2.24) is 0 Å². The molecule has 0 saturated heterocycles. The second-order valence-electron chi connectivity index (χ2n) is 5.89. The lowest BCUT2D eigenvalue weighted by Gasteiger charge is -2.14. The Hall–Kier alpha value is -2.32. The summed E-state index contributed by atoms with van der Waals surface area (Å²) < 4.78 is 5.53. The van der Waals surface area contributed by atoms with Crippen LogP contribution in [0, 0.1) is 11.8 Å². The van der Waals surface area contributed by atoms with Gasteiger partial charge in [-0.1, -0.05) is 63.7 Å². The highest BCUT2D eigenvalue weighted by Crippen LogP contribution is 2.11. The van der Waals surface area contributed by atoms with E-state index in [1.165, 1.54) is 0 Å². The number of unbranched alkanes of at least 4 members (excludes halogenated alkanes) is 4. The Morgan fingerprint density at radius 1 is 0.962 bits per heavy atom. The van der Waals surface area contributed by atoms with Crippen molar-refractivity contribution in [1.29, 1.82) is 0 Å². The van der Waals surface area contributed by atoms with Crippen LogP contribution in [-0.4, -0.2) is 24.6 Å². The molecule has 0 radical (unpaired) electrons. The molecule has 0 fully saturated rings. The minimum absolute atomic E-state index is 0.153. The summed E-state index contributed by atoms with van der Waals surface area (Å²) in [6.07, 6.45) is 5.55. The zero-order valence-corrected chi connectivity index (χ0v) is 15.7. The van der Waals surface area contributed by atoms with E-state index < -0.39 is 18.0 Å². The number of carbonyl (C=O) groups is 2. The van der Waals surface area contributed by atoms with E-state index in [2.05, 4.69) is 23.7 Å². The SMILES string of the molecule is CCCC#CCOC(CCCCCC)C(=O)OOC(=O)c1ccccc1. The van der Waals surface area contributed by atoms with Crippen LogP contribution in [0.15, 0.2) is 30.3 Å². The summed E-state index contributed by atoms with van der Waals surface area (Å²) in [5.41, 5.74) is 0.311. The highest BCUT2D eigenvalue weighted by Gasteiger charge is 2.23. The van der Waals surface area contributed by atoms with Crippen molar-refractivity contribution < 1.29 is 24.1 Å². The number of hydrogen-bond donors (Lipinski definition) is 0. The zero-order chi connectivity index (χ0) is 19.0. The van der Waals surface area contributed by atoms with Crippen LogP contribution in [0.25, 0.3) is 0 Å². The van der Waals surface area contributed by atoms with Crippen LogP contribution in [0.5, 0.6) is 0 Å². The van der Waals surface area contributed by atoms with Gasteiger partial charge >= 0.3 is 11.9 Å². The molecule has 0 aromatic heterocycles. The molecule has 1 atom stereocenters. The molecular formula is C21H28O5. The van der Waals surface area contributed by atoms with Crippen LogP contribution in [0.1, 0.15) is 69.2 Å². The number of ether oxygens (including phenoxy) is 1. The van der Waals surface area contributed by atoms with E-state index in [-0.39, 0.29) is 6.61 Å². The van der Waals surface area contributed by atoms with Gasteiger partial charge < -0.3 is 4.74 Å². The summed E-state index contributed by atoms with van der Waals surface area (Å²) >= 11 is 0. The molecule has 5 heteroatoms. The molecule has 1 aromatic carbocycles. The van der Waals surface area contributed by atoms with Gasteiger partial charge in [0.25, 0.3) is 0 Å². The van der Waals surface area contributed by atoms with Gasteiger partial charge in [0, 0.05) is 6.42 Å². The Bertz CT molecular complexity index is 585. The molecule has 0 aliphatic heterocycles. The Balaban J connectivity index is 2.50. The first-order valence-corrected chi connectivity index (χ1v) is 9.24. The summed E-state index contributed by atoms with van der Waals surface area (Å²) in [6.45, 7) is 4.32. The lowest BCUT2D eigenvalue weighted by molar-refractivity contribution is -0.243. The van der Waals surface area contributed by atoms with Crippen LogP contribution >= 0.6 is 0 Å². The number of hydrogen-bond acceptors (Lipinski definition) is 5.